The van der Waals surface area contributed by atoms with Gasteiger partial charge in [-0.15, -0.1) is 0 Å². The molecule has 14 heavy (non-hydrogen) atoms. The zero-order chi connectivity index (χ0) is 10.4. The van der Waals surface area contributed by atoms with E-state index in [9.17, 15) is 4.79 Å². The molecule has 0 bridgehead atoms. The van der Waals surface area contributed by atoms with Crippen LogP contribution in [0.5, 0.6) is 0 Å². The highest BCUT2D eigenvalue weighted by molar-refractivity contribution is 5.88. The van der Waals surface area contributed by atoms with Crippen molar-refractivity contribution >= 4 is 17.3 Å². The third kappa shape index (κ3) is 3.45. The summed E-state index contributed by atoms with van der Waals surface area (Å²) in [5.74, 6) is -0.0623. The molecule has 0 aromatic heterocycles. The van der Waals surface area contributed by atoms with Crippen LogP contribution in [-0.2, 0) is 4.79 Å². The molecule has 4 N–H and O–H groups in total. The van der Waals surface area contributed by atoms with E-state index >= 15 is 0 Å². The maximum atomic E-state index is 10.7. The number of anilines is 2. The van der Waals surface area contributed by atoms with Gasteiger partial charge in [0.15, 0.2) is 0 Å². The van der Waals surface area contributed by atoms with Crippen LogP contribution in [0.25, 0.3) is 0 Å². The van der Waals surface area contributed by atoms with E-state index in [1.54, 1.807) is 0 Å². The van der Waals surface area contributed by atoms with Gasteiger partial charge in [0.1, 0.15) is 0 Å². The minimum absolute atomic E-state index is 0.0623. The smallest absolute Gasteiger partial charge is 0.221 e. The van der Waals surface area contributed by atoms with E-state index in [1.165, 1.54) is 6.92 Å². The van der Waals surface area contributed by atoms with Crippen molar-refractivity contribution in [2.24, 2.45) is 5.73 Å². The molecular weight excluding hydrogens is 178 g/mol. The number of carbonyl (C=O) groups excluding carboxylic acids is 1. The molecule has 1 aromatic carbocycles. The Hall–Kier alpha value is -1.55. The van der Waals surface area contributed by atoms with Crippen LogP contribution in [-0.4, -0.2) is 19.0 Å². The average molecular weight is 193 g/mol. The first-order chi connectivity index (χ1) is 6.72. The Bertz CT molecular complexity index is 295. The van der Waals surface area contributed by atoms with Crippen molar-refractivity contribution in [3.63, 3.8) is 0 Å². The lowest BCUT2D eigenvalue weighted by Gasteiger charge is -2.06. The summed E-state index contributed by atoms with van der Waals surface area (Å²) in [4.78, 5) is 10.7. The molecule has 1 aromatic rings. The second-order valence-electron chi connectivity index (χ2n) is 2.97. The van der Waals surface area contributed by atoms with Crippen LogP contribution < -0.4 is 16.4 Å². The van der Waals surface area contributed by atoms with Gasteiger partial charge in [0.05, 0.1) is 0 Å². The van der Waals surface area contributed by atoms with Crippen molar-refractivity contribution in [3.8, 4) is 0 Å². The molecule has 1 rings (SSSR count). The zero-order valence-corrected chi connectivity index (χ0v) is 8.21. The number of amides is 1. The highest BCUT2D eigenvalue weighted by Gasteiger charge is 1.95. The van der Waals surface area contributed by atoms with Gasteiger partial charge in [-0.2, -0.15) is 0 Å². The van der Waals surface area contributed by atoms with E-state index in [0.717, 1.165) is 17.9 Å². The summed E-state index contributed by atoms with van der Waals surface area (Å²) in [6, 6.07) is 7.50. The van der Waals surface area contributed by atoms with Gasteiger partial charge in [0.25, 0.3) is 0 Å². The summed E-state index contributed by atoms with van der Waals surface area (Å²) in [5.41, 5.74) is 7.16. The Morgan fingerprint density at radius 2 is 1.86 bits per heavy atom. The number of hydrogen-bond acceptors (Lipinski definition) is 3. The van der Waals surface area contributed by atoms with Gasteiger partial charge >= 0.3 is 0 Å². The van der Waals surface area contributed by atoms with Crippen LogP contribution >= 0.6 is 0 Å². The molecule has 0 radical (unpaired) electrons. The number of rotatable bonds is 4. The number of benzene rings is 1. The van der Waals surface area contributed by atoms with E-state index < -0.39 is 0 Å². The summed E-state index contributed by atoms with van der Waals surface area (Å²) in [7, 11) is 0. The van der Waals surface area contributed by atoms with Crippen LogP contribution in [0.15, 0.2) is 24.3 Å². The van der Waals surface area contributed by atoms with Gasteiger partial charge in [-0.25, -0.2) is 0 Å². The minimum atomic E-state index is -0.0623. The number of hydrogen-bond donors (Lipinski definition) is 3. The molecule has 0 aliphatic rings. The highest BCUT2D eigenvalue weighted by Crippen LogP contribution is 2.12. The molecule has 0 aliphatic heterocycles. The van der Waals surface area contributed by atoms with Gasteiger partial charge in [-0.05, 0) is 24.3 Å². The van der Waals surface area contributed by atoms with Crippen LogP contribution in [0.3, 0.4) is 0 Å². The summed E-state index contributed by atoms with van der Waals surface area (Å²) in [6.45, 7) is 2.84. The molecule has 1 amide bonds. The average Bonchev–Trinajstić information content (AvgIpc) is 2.16. The molecule has 0 spiro atoms. The predicted molar refractivity (Wildman–Crippen MR) is 58.3 cm³/mol. The topological polar surface area (TPSA) is 67.2 Å². The molecule has 0 heterocycles. The van der Waals surface area contributed by atoms with Gasteiger partial charge < -0.3 is 16.4 Å². The van der Waals surface area contributed by atoms with E-state index in [-0.39, 0.29) is 5.91 Å². The standard InChI is InChI=1S/C10H15N3O/c1-8(14)13-10-4-2-9(3-5-10)12-7-6-11/h2-5,12H,6-7,11H2,1H3,(H,13,14). The monoisotopic (exact) mass is 193 g/mol. The van der Waals surface area contributed by atoms with Gasteiger partial charge in [0, 0.05) is 31.4 Å². The van der Waals surface area contributed by atoms with Crippen molar-refractivity contribution < 1.29 is 4.79 Å². The normalized spacial score (nSPS) is 9.57. The zero-order valence-electron chi connectivity index (χ0n) is 8.21. The van der Waals surface area contributed by atoms with Crippen LogP contribution in [0.4, 0.5) is 11.4 Å². The van der Waals surface area contributed by atoms with Gasteiger partial charge in [0.2, 0.25) is 5.91 Å². The Balaban J connectivity index is 2.54. The molecule has 0 unspecified atom stereocenters. The van der Waals surface area contributed by atoms with E-state index in [4.69, 9.17) is 5.73 Å². The lowest BCUT2D eigenvalue weighted by atomic mass is 10.3. The molecule has 0 fully saturated rings. The van der Waals surface area contributed by atoms with Crippen molar-refractivity contribution in [2.75, 3.05) is 23.7 Å². The third-order valence-corrected chi connectivity index (χ3v) is 1.68. The molecule has 4 nitrogen and oxygen atoms in total. The molecule has 0 saturated carbocycles. The van der Waals surface area contributed by atoms with E-state index in [1.807, 2.05) is 24.3 Å². The van der Waals surface area contributed by atoms with Gasteiger partial charge in [-0.1, -0.05) is 0 Å². The van der Waals surface area contributed by atoms with Crippen LogP contribution in [0, 0.1) is 0 Å². The quantitative estimate of drug-likeness (QED) is 0.668. The van der Waals surface area contributed by atoms with E-state index in [0.29, 0.717) is 6.54 Å². The first-order valence-corrected chi connectivity index (χ1v) is 4.54. The first kappa shape index (κ1) is 10.5. The maximum absolute atomic E-state index is 10.7. The fraction of sp³-hybridized carbons (Fsp3) is 0.300. The molecule has 0 aliphatic carbocycles. The molecule has 0 saturated heterocycles. The summed E-state index contributed by atoms with van der Waals surface area (Å²) in [6.07, 6.45) is 0. The first-order valence-electron chi connectivity index (χ1n) is 4.54. The molecular formula is C10H15N3O. The van der Waals surface area contributed by atoms with Crippen molar-refractivity contribution in [1.82, 2.24) is 0 Å². The van der Waals surface area contributed by atoms with E-state index in [2.05, 4.69) is 10.6 Å². The number of carbonyl (C=O) groups is 1. The third-order valence-electron chi connectivity index (χ3n) is 1.68. The Kier molecular flexibility index (Phi) is 3.94. The maximum Gasteiger partial charge on any atom is 0.221 e. The fourth-order valence-corrected chi connectivity index (χ4v) is 1.09. The Morgan fingerprint density at radius 3 is 2.36 bits per heavy atom. The van der Waals surface area contributed by atoms with Crippen molar-refractivity contribution in [1.29, 1.82) is 0 Å². The highest BCUT2D eigenvalue weighted by atomic mass is 16.1. The van der Waals surface area contributed by atoms with Crippen LogP contribution in [0.1, 0.15) is 6.92 Å². The minimum Gasteiger partial charge on any atom is -0.384 e. The molecule has 76 valence electrons. The molecule has 0 atom stereocenters. The second kappa shape index (κ2) is 5.24. The summed E-state index contributed by atoms with van der Waals surface area (Å²) < 4.78 is 0. The number of nitrogens with two attached hydrogens (primary N) is 1. The lowest BCUT2D eigenvalue weighted by molar-refractivity contribution is -0.114. The second-order valence-corrected chi connectivity index (χ2v) is 2.97. The van der Waals surface area contributed by atoms with Gasteiger partial charge in [-0.3, -0.25) is 4.79 Å². The predicted octanol–water partition coefficient (Wildman–Crippen LogP) is 1.02. The SMILES string of the molecule is CC(=O)Nc1ccc(NCCN)cc1. The summed E-state index contributed by atoms with van der Waals surface area (Å²) >= 11 is 0. The largest absolute Gasteiger partial charge is 0.384 e. The van der Waals surface area contributed by atoms with Crippen LogP contribution in [0.2, 0.25) is 0 Å². The molecule has 4 heteroatoms. The fourth-order valence-electron chi connectivity index (χ4n) is 1.09. The lowest BCUT2D eigenvalue weighted by Crippen LogP contribution is -2.13. The summed E-state index contributed by atoms with van der Waals surface area (Å²) in [5, 5.41) is 5.83. The Labute approximate surface area is 83.5 Å². The van der Waals surface area contributed by atoms with Crippen molar-refractivity contribution in [3.05, 3.63) is 24.3 Å². The van der Waals surface area contributed by atoms with Crippen molar-refractivity contribution in [2.45, 2.75) is 6.92 Å². The Morgan fingerprint density at radius 1 is 1.29 bits per heavy atom. The number of nitrogens with one attached hydrogen (secondary N) is 2.